The molecule has 0 radical (unpaired) electrons. The van der Waals surface area contributed by atoms with Crippen LogP contribution < -0.4 is 10.6 Å². The van der Waals surface area contributed by atoms with Crippen molar-refractivity contribution >= 4 is 21.6 Å². The Labute approximate surface area is 112 Å². The standard InChI is InChI=1S/C14H21BrN2/c1-10-4-3-7-17(11(10)2)13-6-5-12(9-16)14(15)8-13/h5-6,8,10-11H,3-4,7,9,16H2,1-2H3. The van der Waals surface area contributed by atoms with Gasteiger partial charge in [0, 0.05) is 29.3 Å². The van der Waals surface area contributed by atoms with Crippen molar-refractivity contribution in [1.29, 1.82) is 0 Å². The van der Waals surface area contributed by atoms with Crippen LogP contribution in [0.3, 0.4) is 0 Å². The molecule has 2 unspecified atom stereocenters. The summed E-state index contributed by atoms with van der Waals surface area (Å²) in [7, 11) is 0. The summed E-state index contributed by atoms with van der Waals surface area (Å²) in [4.78, 5) is 2.51. The number of nitrogens with two attached hydrogens (primary N) is 1. The van der Waals surface area contributed by atoms with Crippen molar-refractivity contribution in [2.45, 2.75) is 39.3 Å². The monoisotopic (exact) mass is 296 g/mol. The number of nitrogens with zero attached hydrogens (tertiary/aromatic N) is 1. The zero-order valence-corrected chi connectivity index (χ0v) is 12.2. The number of piperidine rings is 1. The van der Waals surface area contributed by atoms with Gasteiger partial charge in [-0.25, -0.2) is 0 Å². The van der Waals surface area contributed by atoms with Gasteiger partial charge in [0.1, 0.15) is 0 Å². The minimum absolute atomic E-state index is 0.590. The van der Waals surface area contributed by atoms with Crippen LogP contribution in [0.4, 0.5) is 5.69 Å². The minimum atomic E-state index is 0.590. The number of benzene rings is 1. The molecule has 1 aliphatic heterocycles. The van der Waals surface area contributed by atoms with E-state index in [1.807, 2.05) is 0 Å². The fraction of sp³-hybridized carbons (Fsp3) is 0.571. The highest BCUT2D eigenvalue weighted by molar-refractivity contribution is 9.10. The molecule has 1 aromatic rings. The smallest absolute Gasteiger partial charge is 0.0380 e. The van der Waals surface area contributed by atoms with Gasteiger partial charge in [-0.05, 0) is 43.4 Å². The molecule has 1 heterocycles. The first-order valence-corrected chi connectivity index (χ1v) is 7.18. The van der Waals surface area contributed by atoms with Crippen LogP contribution >= 0.6 is 15.9 Å². The second-order valence-corrected chi connectivity index (χ2v) is 5.89. The second-order valence-electron chi connectivity index (χ2n) is 5.03. The highest BCUT2D eigenvalue weighted by Crippen LogP contribution is 2.31. The topological polar surface area (TPSA) is 29.3 Å². The summed E-state index contributed by atoms with van der Waals surface area (Å²) in [6.07, 6.45) is 2.64. The molecule has 0 aromatic heterocycles. The largest absolute Gasteiger partial charge is 0.369 e. The maximum absolute atomic E-state index is 5.68. The van der Waals surface area contributed by atoms with Gasteiger partial charge in [0.2, 0.25) is 0 Å². The lowest BCUT2D eigenvalue weighted by Crippen LogP contribution is -2.42. The zero-order valence-electron chi connectivity index (χ0n) is 10.6. The average Bonchev–Trinajstić information content (AvgIpc) is 2.32. The van der Waals surface area contributed by atoms with E-state index in [9.17, 15) is 0 Å². The lowest BCUT2D eigenvalue weighted by molar-refractivity contribution is 0.363. The molecule has 0 bridgehead atoms. The van der Waals surface area contributed by atoms with Crippen molar-refractivity contribution in [3.05, 3.63) is 28.2 Å². The second kappa shape index (κ2) is 5.40. The normalized spacial score (nSPS) is 25.1. The molecule has 1 aromatic carbocycles. The third-order valence-electron chi connectivity index (χ3n) is 3.96. The predicted molar refractivity (Wildman–Crippen MR) is 77.2 cm³/mol. The first-order valence-electron chi connectivity index (χ1n) is 6.38. The molecule has 2 nitrogen and oxygen atoms in total. The third-order valence-corrected chi connectivity index (χ3v) is 4.70. The number of hydrogen-bond acceptors (Lipinski definition) is 2. The van der Waals surface area contributed by atoms with Crippen molar-refractivity contribution in [3.63, 3.8) is 0 Å². The summed E-state index contributed by atoms with van der Waals surface area (Å²) in [5.41, 5.74) is 8.17. The fourth-order valence-electron chi connectivity index (χ4n) is 2.58. The van der Waals surface area contributed by atoms with Gasteiger partial charge in [-0.2, -0.15) is 0 Å². The first kappa shape index (κ1) is 12.9. The van der Waals surface area contributed by atoms with Crippen molar-refractivity contribution < 1.29 is 0 Å². The van der Waals surface area contributed by atoms with Crippen LogP contribution in [0.15, 0.2) is 22.7 Å². The van der Waals surface area contributed by atoms with Crippen LogP contribution in [0.25, 0.3) is 0 Å². The van der Waals surface area contributed by atoms with Crippen LogP contribution in [-0.4, -0.2) is 12.6 Å². The Morgan fingerprint density at radius 3 is 2.82 bits per heavy atom. The molecule has 94 valence electrons. The summed E-state index contributed by atoms with van der Waals surface area (Å²) >= 11 is 3.60. The van der Waals surface area contributed by atoms with Gasteiger partial charge in [-0.15, -0.1) is 0 Å². The van der Waals surface area contributed by atoms with E-state index < -0.39 is 0 Å². The first-order chi connectivity index (χ1) is 8.13. The molecule has 1 aliphatic rings. The number of anilines is 1. The Balaban J connectivity index is 2.24. The summed E-state index contributed by atoms with van der Waals surface area (Å²) in [6, 6.07) is 7.16. The Morgan fingerprint density at radius 2 is 2.18 bits per heavy atom. The van der Waals surface area contributed by atoms with Crippen LogP contribution in [0.5, 0.6) is 0 Å². The highest BCUT2D eigenvalue weighted by atomic mass is 79.9. The molecule has 0 amide bonds. The third kappa shape index (κ3) is 2.66. The lowest BCUT2D eigenvalue weighted by Gasteiger charge is -2.39. The van der Waals surface area contributed by atoms with Gasteiger partial charge in [0.05, 0.1) is 0 Å². The van der Waals surface area contributed by atoms with Gasteiger partial charge in [0.15, 0.2) is 0 Å². The molecule has 0 aliphatic carbocycles. The van der Waals surface area contributed by atoms with E-state index in [-0.39, 0.29) is 0 Å². The fourth-order valence-corrected chi connectivity index (χ4v) is 3.11. The Bertz CT molecular complexity index is 392. The number of hydrogen-bond donors (Lipinski definition) is 1. The summed E-state index contributed by atoms with van der Waals surface area (Å²) in [5, 5.41) is 0. The van der Waals surface area contributed by atoms with Crippen LogP contribution in [0.2, 0.25) is 0 Å². The van der Waals surface area contributed by atoms with Crippen LogP contribution in [-0.2, 0) is 6.54 Å². The molecule has 1 saturated heterocycles. The SMILES string of the molecule is CC1CCCN(c2ccc(CN)c(Br)c2)C1C. The Morgan fingerprint density at radius 1 is 1.41 bits per heavy atom. The molecule has 0 saturated carbocycles. The van der Waals surface area contributed by atoms with Crippen molar-refractivity contribution in [3.8, 4) is 0 Å². The Hall–Kier alpha value is -0.540. The predicted octanol–water partition coefficient (Wildman–Crippen LogP) is 3.53. The molecular weight excluding hydrogens is 276 g/mol. The van der Waals surface area contributed by atoms with Gasteiger partial charge in [0.25, 0.3) is 0 Å². The molecule has 2 atom stereocenters. The van der Waals surface area contributed by atoms with Gasteiger partial charge in [-0.1, -0.05) is 28.9 Å². The van der Waals surface area contributed by atoms with Crippen molar-refractivity contribution in [2.24, 2.45) is 11.7 Å². The van der Waals surface area contributed by atoms with Crippen LogP contribution in [0, 0.1) is 5.92 Å². The molecule has 2 N–H and O–H groups in total. The van der Waals surface area contributed by atoms with E-state index in [1.54, 1.807) is 0 Å². The molecule has 0 spiro atoms. The minimum Gasteiger partial charge on any atom is -0.369 e. The zero-order chi connectivity index (χ0) is 12.4. The summed E-state index contributed by atoms with van der Waals surface area (Å²) in [6.45, 7) is 6.43. The molecular formula is C14H21BrN2. The van der Waals surface area contributed by atoms with Crippen molar-refractivity contribution in [1.82, 2.24) is 0 Å². The number of halogens is 1. The maximum atomic E-state index is 5.68. The summed E-state index contributed by atoms with van der Waals surface area (Å²) in [5.74, 6) is 0.775. The average molecular weight is 297 g/mol. The van der Waals surface area contributed by atoms with Gasteiger partial charge >= 0.3 is 0 Å². The van der Waals surface area contributed by atoms with Gasteiger partial charge < -0.3 is 10.6 Å². The quantitative estimate of drug-likeness (QED) is 0.905. The van der Waals surface area contributed by atoms with E-state index >= 15 is 0 Å². The van der Waals surface area contributed by atoms with E-state index in [2.05, 4.69) is 52.9 Å². The highest BCUT2D eigenvalue weighted by Gasteiger charge is 2.24. The summed E-state index contributed by atoms with van der Waals surface area (Å²) < 4.78 is 1.13. The van der Waals surface area contributed by atoms with E-state index in [4.69, 9.17) is 5.73 Å². The van der Waals surface area contributed by atoms with Gasteiger partial charge in [-0.3, -0.25) is 0 Å². The molecule has 1 fully saturated rings. The van der Waals surface area contributed by atoms with E-state index in [0.717, 1.165) is 10.4 Å². The number of rotatable bonds is 2. The van der Waals surface area contributed by atoms with Crippen LogP contribution in [0.1, 0.15) is 32.3 Å². The molecule has 17 heavy (non-hydrogen) atoms. The molecule has 3 heteroatoms. The lowest BCUT2D eigenvalue weighted by atomic mass is 9.91. The molecule has 2 rings (SSSR count). The van der Waals surface area contributed by atoms with E-state index in [1.165, 1.54) is 30.6 Å². The maximum Gasteiger partial charge on any atom is 0.0380 e. The Kier molecular flexibility index (Phi) is 4.10. The van der Waals surface area contributed by atoms with E-state index in [0.29, 0.717) is 12.6 Å². The van der Waals surface area contributed by atoms with Crippen molar-refractivity contribution in [2.75, 3.05) is 11.4 Å².